The van der Waals surface area contributed by atoms with Crippen LogP contribution in [0, 0.1) is 11.8 Å². The summed E-state index contributed by atoms with van der Waals surface area (Å²) in [6.45, 7) is 3.19. The van der Waals surface area contributed by atoms with Crippen molar-refractivity contribution in [1.29, 1.82) is 0 Å². The summed E-state index contributed by atoms with van der Waals surface area (Å²) < 4.78 is 23.9. The van der Waals surface area contributed by atoms with Gasteiger partial charge >= 0.3 is 11.9 Å². The number of hydrogen-bond donors (Lipinski definition) is 2. The predicted molar refractivity (Wildman–Crippen MR) is 53.1 cm³/mol. The lowest BCUT2D eigenvalue weighted by atomic mass is 9.65. The van der Waals surface area contributed by atoms with E-state index in [0.29, 0.717) is 0 Å². The highest BCUT2D eigenvalue weighted by Crippen LogP contribution is 2.50. The van der Waals surface area contributed by atoms with E-state index in [1.54, 1.807) is 13.8 Å². The summed E-state index contributed by atoms with van der Waals surface area (Å²) in [5, 5.41) is 17.7. The molecular weight excluding hydrogens is 235 g/mol. The largest absolute Gasteiger partial charge is 0.481 e. The van der Waals surface area contributed by atoms with Crippen molar-refractivity contribution in [3.05, 3.63) is 0 Å². The zero-order valence-electron chi connectivity index (χ0n) is 9.55. The van der Waals surface area contributed by atoms with E-state index in [0.717, 1.165) is 0 Å². The van der Waals surface area contributed by atoms with Crippen LogP contribution in [-0.4, -0.2) is 47.3 Å². The molecule has 0 aromatic rings. The molecule has 0 aliphatic heterocycles. The van der Waals surface area contributed by atoms with Crippen LogP contribution in [0.3, 0.4) is 0 Å². The standard InChI is InChI=1S/C10H15FO6/c1-3-16-10(17-4-2)6(9(14)15)5(7(10)11)8(12)13/h5-7H,3-4H2,1-2H3,(H,12,13)(H,14,15)/t5-,6+,7-/m1/s1. The maximum absolute atomic E-state index is 13.8. The molecule has 1 rings (SSSR count). The van der Waals surface area contributed by atoms with Gasteiger partial charge in [0, 0.05) is 13.2 Å². The monoisotopic (exact) mass is 250 g/mol. The first-order chi connectivity index (χ1) is 7.92. The molecule has 0 aromatic heterocycles. The number of alkyl halides is 1. The van der Waals surface area contributed by atoms with Crippen LogP contribution in [0.15, 0.2) is 0 Å². The van der Waals surface area contributed by atoms with Crippen molar-refractivity contribution in [3.63, 3.8) is 0 Å². The van der Waals surface area contributed by atoms with Gasteiger partial charge in [0.25, 0.3) is 0 Å². The van der Waals surface area contributed by atoms with E-state index >= 15 is 0 Å². The lowest BCUT2D eigenvalue weighted by molar-refractivity contribution is -0.354. The van der Waals surface area contributed by atoms with Gasteiger partial charge in [-0.1, -0.05) is 0 Å². The third-order valence-corrected chi connectivity index (χ3v) is 2.78. The lowest BCUT2D eigenvalue weighted by Crippen LogP contribution is -2.71. The Morgan fingerprint density at radius 3 is 1.94 bits per heavy atom. The molecule has 1 aliphatic carbocycles. The number of halogens is 1. The molecular formula is C10H15FO6. The van der Waals surface area contributed by atoms with Gasteiger partial charge in [-0.05, 0) is 13.8 Å². The summed E-state index contributed by atoms with van der Waals surface area (Å²) in [4.78, 5) is 21.8. The summed E-state index contributed by atoms with van der Waals surface area (Å²) >= 11 is 0. The van der Waals surface area contributed by atoms with E-state index in [1.165, 1.54) is 0 Å². The number of hydrogen-bond acceptors (Lipinski definition) is 4. The lowest BCUT2D eigenvalue weighted by Gasteiger charge is -2.52. The molecule has 0 bridgehead atoms. The molecule has 0 unspecified atom stereocenters. The molecule has 0 saturated heterocycles. The number of ether oxygens (including phenoxy) is 2. The molecule has 98 valence electrons. The van der Waals surface area contributed by atoms with Gasteiger partial charge in [-0.3, -0.25) is 9.59 Å². The molecule has 6 nitrogen and oxygen atoms in total. The molecule has 0 spiro atoms. The highest BCUT2D eigenvalue weighted by atomic mass is 19.1. The number of carboxylic acids is 2. The van der Waals surface area contributed by atoms with Crippen molar-refractivity contribution >= 4 is 11.9 Å². The fourth-order valence-corrected chi connectivity index (χ4v) is 2.15. The van der Waals surface area contributed by atoms with Gasteiger partial charge in [0.2, 0.25) is 5.79 Å². The van der Waals surface area contributed by atoms with Crippen molar-refractivity contribution in [2.75, 3.05) is 13.2 Å². The predicted octanol–water partition coefficient (Wildman–Crippen LogP) is 0.509. The Hall–Kier alpha value is -1.21. The van der Waals surface area contributed by atoms with Gasteiger partial charge < -0.3 is 19.7 Å². The molecule has 1 saturated carbocycles. The zero-order chi connectivity index (χ0) is 13.2. The molecule has 0 aromatic carbocycles. The van der Waals surface area contributed by atoms with Gasteiger partial charge in [0.15, 0.2) is 6.17 Å². The van der Waals surface area contributed by atoms with E-state index in [2.05, 4.69) is 0 Å². The maximum Gasteiger partial charge on any atom is 0.313 e. The topological polar surface area (TPSA) is 93.1 Å². The Morgan fingerprint density at radius 1 is 1.18 bits per heavy atom. The average molecular weight is 250 g/mol. The Morgan fingerprint density at radius 2 is 1.65 bits per heavy atom. The van der Waals surface area contributed by atoms with Crippen molar-refractivity contribution in [1.82, 2.24) is 0 Å². The Balaban J connectivity index is 3.03. The average Bonchev–Trinajstić information content (AvgIpc) is 2.23. The first-order valence-electron chi connectivity index (χ1n) is 5.29. The molecule has 17 heavy (non-hydrogen) atoms. The van der Waals surface area contributed by atoms with Crippen LogP contribution in [0.4, 0.5) is 4.39 Å². The van der Waals surface area contributed by atoms with Gasteiger partial charge in [-0.2, -0.15) is 0 Å². The van der Waals surface area contributed by atoms with Crippen LogP contribution in [0.25, 0.3) is 0 Å². The summed E-state index contributed by atoms with van der Waals surface area (Å²) in [6, 6.07) is 0. The fourth-order valence-electron chi connectivity index (χ4n) is 2.15. The molecule has 0 amide bonds. The smallest absolute Gasteiger partial charge is 0.313 e. The minimum absolute atomic E-state index is 0.0382. The molecule has 1 fully saturated rings. The summed E-state index contributed by atoms with van der Waals surface area (Å²) in [5.41, 5.74) is 0. The number of aliphatic carboxylic acids is 2. The van der Waals surface area contributed by atoms with Gasteiger partial charge in [-0.25, -0.2) is 4.39 Å². The first-order valence-corrected chi connectivity index (χ1v) is 5.29. The number of carboxylic acid groups (broad SMARTS) is 2. The van der Waals surface area contributed by atoms with Gasteiger partial charge in [-0.15, -0.1) is 0 Å². The SMILES string of the molecule is CCOC1(OCC)[C@H](F)[C@H](C(=O)O)[C@H]1C(=O)O. The van der Waals surface area contributed by atoms with Crippen molar-refractivity contribution in [2.45, 2.75) is 25.8 Å². The van der Waals surface area contributed by atoms with Crippen LogP contribution in [0.2, 0.25) is 0 Å². The van der Waals surface area contributed by atoms with E-state index < -0.39 is 35.7 Å². The molecule has 0 heterocycles. The summed E-state index contributed by atoms with van der Waals surface area (Å²) in [5.74, 6) is -8.08. The fraction of sp³-hybridized carbons (Fsp3) is 0.800. The second-order valence-electron chi connectivity index (χ2n) is 3.67. The highest BCUT2D eigenvalue weighted by Gasteiger charge is 2.71. The maximum atomic E-state index is 13.8. The minimum atomic E-state index is -1.99. The van der Waals surface area contributed by atoms with Crippen LogP contribution in [-0.2, 0) is 19.1 Å². The van der Waals surface area contributed by atoms with Crippen LogP contribution >= 0.6 is 0 Å². The van der Waals surface area contributed by atoms with Crippen LogP contribution in [0.5, 0.6) is 0 Å². The van der Waals surface area contributed by atoms with Crippen molar-refractivity contribution < 1.29 is 33.7 Å². The molecule has 7 heteroatoms. The second-order valence-corrected chi connectivity index (χ2v) is 3.67. The van der Waals surface area contributed by atoms with E-state index in [9.17, 15) is 14.0 Å². The summed E-state index contributed by atoms with van der Waals surface area (Å²) in [7, 11) is 0. The van der Waals surface area contributed by atoms with E-state index in [4.69, 9.17) is 19.7 Å². The van der Waals surface area contributed by atoms with Gasteiger partial charge in [0.05, 0.1) is 0 Å². The normalized spacial score (nSPS) is 30.6. The van der Waals surface area contributed by atoms with E-state index in [-0.39, 0.29) is 13.2 Å². The Labute approximate surface area is 97.3 Å². The third-order valence-electron chi connectivity index (χ3n) is 2.78. The molecule has 1 aliphatic rings. The van der Waals surface area contributed by atoms with Crippen LogP contribution in [0.1, 0.15) is 13.8 Å². The zero-order valence-corrected chi connectivity index (χ0v) is 9.55. The van der Waals surface area contributed by atoms with Crippen molar-refractivity contribution in [2.24, 2.45) is 11.8 Å². The third kappa shape index (κ3) is 2.00. The molecule has 0 radical (unpaired) electrons. The number of carbonyl (C=O) groups is 2. The molecule has 3 atom stereocenters. The molecule has 2 N–H and O–H groups in total. The van der Waals surface area contributed by atoms with Crippen LogP contribution < -0.4 is 0 Å². The minimum Gasteiger partial charge on any atom is -0.481 e. The second kappa shape index (κ2) is 4.97. The summed E-state index contributed by atoms with van der Waals surface area (Å²) in [6.07, 6.45) is -1.99. The Kier molecular flexibility index (Phi) is 4.05. The first kappa shape index (κ1) is 13.9. The highest BCUT2D eigenvalue weighted by molar-refractivity contribution is 5.84. The van der Waals surface area contributed by atoms with Crippen molar-refractivity contribution in [3.8, 4) is 0 Å². The quantitative estimate of drug-likeness (QED) is 0.667. The van der Waals surface area contributed by atoms with Gasteiger partial charge in [0.1, 0.15) is 11.8 Å². The van der Waals surface area contributed by atoms with E-state index in [1.807, 2.05) is 0 Å². The Bertz CT molecular complexity index is 312. The number of rotatable bonds is 6.